The minimum absolute atomic E-state index is 0.0785. The third-order valence-electron chi connectivity index (χ3n) is 2.73. The largest absolute Gasteiger partial charge is 0.493 e. The summed E-state index contributed by atoms with van der Waals surface area (Å²) in [6.07, 6.45) is 0.0785. The molecular weight excluding hydrogens is 250 g/mol. The van der Waals surface area contributed by atoms with Crippen molar-refractivity contribution in [1.29, 1.82) is 0 Å². The van der Waals surface area contributed by atoms with E-state index in [2.05, 4.69) is 4.74 Å². The third-order valence-corrected chi connectivity index (χ3v) is 2.73. The van der Waals surface area contributed by atoms with Crippen LogP contribution in [0.25, 0.3) is 0 Å². The van der Waals surface area contributed by atoms with Gasteiger partial charge in [-0.1, -0.05) is 0 Å². The average Bonchev–Trinajstić information content (AvgIpc) is 2.44. The van der Waals surface area contributed by atoms with E-state index < -0.39 is 6.04 Å². The van der Waals surface area contributed by atoms with Crippen LogP contribution >= 0.6 is 0 Å². The second kappa shape index (κ2) is 6.84. The molecule has 1 atom stereocenters. The van der Waals surface area contributed by atoms with E-state index in [9.17, 15) is 4.79 Å². The van der Waals surface area contributed by atoms with Crippen molar-refractivity contribution in [3.63, 3.8) is 0 Å². The van der Waals surface area contributed by atoms with Gasteiger partial charge in [0, 0.05) is 6.04 Å². The molecule has 1 unspecified atom stereocenters. The summed E-state index contributed by atoms with van der Waals surface area (Å²) in [5.74, 6) is 1.11. The summed E-state index contributed by atoms with van der Waals surface area (Å²) in [6.45, 7) is 0. The highest BCUT2D eigenvalue weighted by Gasteiger charge is 2.18. The van der Waals surface area contributed by atoms with Crippen LogP contribution in [-0.4, -0.2) is 34.4 Å². The van der Waals surface area contributed by atoms with E-state index in [1.807, 2.05) is 0 Å². The van der Waals surface area contributed by atoms with Gasteiger partial charge in [0.2, 0.25) is 5.75 Å². The van der Waals surface area contributed by atoms with E-state index in [0.717, 1.165) is 0 Å². The van der Waals surface area contributed by atoms with E-state index in [1.54, 1.807) is 12.1 Å². The molecule has 0 aliphatic carbocycles. The Kier molecular flexibility index (Phi) is 5.44. The number of hydrogen-bond acceptors (Lipinski definition) is 6. The van der Waals surface area contributed by atoms with Gasteiger partial charge in [0.05, 0.1) is 34.9 Å². The summed E-state index contributed by atoms with van der Waals surface area (Å²) >= 11 is 0. The Morgan fingerprint density at radius 1 is 1.11 bits per heavy atom. The molecule has 2 N–H and O–H groups in total. The van der Waals surface area contributed by atoms with Gasteiger partial charge < -0.3 is 24.7 Å². The number of hydrogen-bond donors (Lipinski definition) is 1. The predicted octanol–water partition coefficient (Wildman–Crippen LogP) is 1.28. The molecule has 6 nitrogen and oxygen atoms in total. The highest BCUT2D eigenvalue weighted by Crippen LogP contribution is 2.39. The molecule has 0 aliphatic heterocycles. The zero-order valence-electron chi connectivity index (χ0n) is 11.6. The van der Waals surface area contributed by atoms with Crippen molar-refractivity contribution in [1.82, 2.24) is 0 Å². The fourth-order valence-corrected chi connectivity index (χ4v) is 1.70. The maximum atomic E-state index is 11.2. The van der Waals surface area contributed by atoms with Crippen LogP contribution in [-0.2, 0) is 9.53 Å². The smallest absolute Gasteiger partial charge is 0.307 e. The first-order valence-corrected chi connectivity index (χ1v) is 5.69. The summed E-state index contributed by atoms with van der Waals surface area (Å²) in [5, 5.41) is 0. The van der Waals surface area contributed by atoms with Crippen LogP contribution < -0.4 is 19.9 Å². The van der Waals surface area contributed by atoms with Gasteiger partial charge in [-0.25, -0.2) is 0 Å². The first-order valence-electron chi connectivity index (χ1n) is 5.69. The first-order chi connectivity index (χ1) is 9.07. The Bertz CT molecular complexity index is 422. The predicted molar refractivity (Wildman–Crippen MR) is 69.7 cm³/mol. The minimum atomic E-state index is -0.499. The van der Waals surface area contributed by atoms with Crippen molar-refractivity contribution < 1.29 is 23.7 Å². The number of carbonyl (C=O) groups is 1. The van der Waals surface area contributed by atoms with E-state index in [1.165, 1.54) is 28.4 Å². The molecule has 0 amide bonds. The molecule has 0 saturated heterocycles. The average molecular weight is 269 g/mol. The molecule has 6 heteroatoms. The lowest BCUT2D eigenvalue weighted by molar-refractivity contribution is -0.141. The summed E-state index contributed by atoms with van der Waals surface area (Å²) in [7, 11) is 5.89. The Morgan fingerprint density at radius 2 is 1.63 bits per heavy atom. The topological polar surface area (TPSA) is 80.0 Å². The number of ether oxygens (including phenoxy) is 4. The highest BCUT2D eigenvalue weighted by molar-refractivity contribution is 5.70. The van der Waals surface area contributed by atoms with Crippen LogP contribution in [0, 0.1) is 0 Å². The van der Waals surface area contributed by atoms with Gasteiger partial charge in [-0.3, -0.25) is 4.79 Å². The Morgan fingerprint density at radius 3 is 2.00 bits per heavy atom. The lowest BCUT2D eigenvalue weighted by atomic mass is 10.0. The van der Waals surface area contributed by atoms with E-state index in [0.29, 0.717) is 22.8 Å². The van der Waals surface area contributed by atoms with Crippen molar-refractivity contribution >= 4 is 5.97 Å². The molecule has 0 bridgehead atoms. The molecule has 0 aliphatic rings. The minimum Gasteiger partial charge on any atom is -0.493 e. The second-order valence-electron chi connectivity index (χ2n) is 3.85. The van der Waals surface area contributed by atoms with Gasteiger partial charge >= 0.3 is 5.97 Å². The molecule has 0 fully saturated rings. The molecule has 0 aromatic heterocycles. The molecule has 19 heavy (non-hydrogen) atoms. The van der Waals surface area contributed by atoms with Crippen LogP contribution in [0.3, 0.4) is 0 Å². The Labute approximate surface area is 112 Å². The fraction of sp³-hybridized carbons (Fsp3) is 0.462. The van der Waals surface area contributed by atoms with Gasteiger partial charge in [-0.15, -0.1) is 0 Å². The van der Waals surface area contributed by atoms with Gasteiger partial charge in [-0.2, -0.15) is 0 Å². The molecule has 0 heterocycles. The molecule has 106 valence electrons. The number of esters is 1. The van der Waals surface area contributed by atoms with E-state index >= 15 is 0 Å². The summed E-state index contributed by atoms with van der Waals surface area (Å²) in [4.78, 5) is 11.2. The standard InChI is InChI=1S/C13H19NO5/c1-16-10-5-8(9(14)7-12(15)18-3)6-11(17-2)13(10)19-4/h5-6,9H,7,14H2,1-4H3. The number of methoxy groups -OCH3 is 4. The van der Waals surface area contributed by atoms with Crippen LogP contribution in [0.15, 0.2) is 12.1 Å². The zero-order valence-corrected chi connectivity index (χ0v) is 11.6. The molecule has 0 saturated carbocycles. The first kappa shape index (κ1) is 15.1. The number of carbonyl (C=O) groups excluding carboxylic acids is 1. The van der Waals surface area contributed by atoms with Crippen molar-refractivity contribution in [2.24, 2.45) is 5.73 Å². The van der Waals surface area contributed by atoms with Gasteiger partial charge in [0.15, 0.2) is 11.5 Å². The van der Waals surface area contributed by atoms with Crippen molar-refractivity contribution in [3.05, 3.63) is 17.7 Å². The number of rotatable bonds is 6. The number of benzene rings is 1. The second-order valence-corrected chi connectivity index (χ2v) is 3.85. The molecular formula is C13H19NO5. The molecule has 1 aromatic carbocycles. The summed E-state index contributed by atoms with van der Waals surface area (Å²) in [6, 6.07) is 2.94. The van der Waals surface area contributed by atoms with Crippen LogP contribution in [0.2, 0.25) is 0 Å². The van der Waals surface area contributed by atoms with Crippen LogP contribution in [0.1, 0.15) is 18.0 Å². The number of nitrogens with two attached hydrogens (primary N) is 1. The van der Waals surface area contributed by atoms with Crippen molar-refractivity contribution in [2.45, 2.75) is 12.5 Å². The van der Waals surface area contributed by atoms with Crippen molar-refractivity contribution in [3.8, 4) is 17.2 Å². The lowest BCUT2D eigenvalue weighted by Crippen LogP contribution is -2.16. The van der Waals surface area contributed by atoms with Crippen molar-refractivity contribution in [2.75, 3.05) is 28.4 Å². The monoisotopic (exact) mass is 269 g/mol. The summed E-state index contributed by atoms with van der Waals surface area (Å²) in [5.41, 5.74) is 6.67. The lowest BCUT2D eigenvalue weighted by Gasteiger charge is -2.17. The molecule has 0 radical (unpaired) electrons. The van der Waals surface area contributed by atoms with Gasteiger partial charge in [0.1, 0.15) is 0 Å². The maximum absolute atomic E-state index is 11.2. The van der Waals surface area contributed by atoms with Gasteiger partial charge in [0.25, 0.3) is 0 Å². The fourth-order valence-electron chi connectivity index (χ4n) is 1.70. The highest BCUT2D eigenvalue weighted by atomic mass is 16.5. The third kappa shape index (κ3) is 3.51. The Hall–Kier alpha value is -1.95. The zero-order chi connectivity index (χ0) is 14.4. The SMILES string of the molecule is COC(=O)CC(N)c1cc(OC)c(OC)c(OC)c1. The Balaban J connectivity index is 3.11. The molecule has 0 spiro atoms. The van der Waals surface area contributed by atoms with E-state index in [-0.39, 0.29) is 12.4 Å². The van der Waals surface area contributed by atoms with Crippen LogP contribution in [0.5, 0.6) is 17.2 Å². The maximum Gasteiger partial charge on any atom is 0.307 e. The van der Waals surface area contributed by atoms with E-state index in [4.69, 9.17) is 19.9 Å². The molecule has 1 rings (SSSR count). The summed E-state index contributed by atoms with van der Waals surface area (Å²) < 4.78 is 20.3. The quantitative estimate of drug-likeness (QED) is 0.783. The molecule has 1 aromatic rings. The van der Waals surface area contributed by atoms with Gasteiger partial charge in [-0.05, 0) is 17.7 Å². The normalized spacial score (nSPS) is 11.6. The van der Waals surface area contributed by atoms with Crippen LogP contribution in [0.4, 0.5) is 0 Å².